The average molecular weight is 382 g/mol. The van der Waals surface area contributed by atoms with Crippen LogP contribution < -0.4 is 5.56 Å². The Kier molecular flexibility index (Phi) is 3.30. The van der Waals surface area contributed by atoms with E-state index >= 15 is 0 Å². The van der Waals surface area contributed by atoms with E-state index in [1.807, 2.05) is 11.8 Å². The third-order valence-corrected chi connectivity index (χ3v) is 6.17. The van der Waals surface area contributed by atoms with Crippen molar-refractivity contribution in [2.24, 2.45) is 12.0 Å². The van der Waals surface area contributed by atoms with Crippen LogP contribution >= 0.6 is 27.7 Å². The molecule has 0 spiro atoms. The summed E-state index contributed by atoms with van der Waals surface area (Å²) < 4.78 is 15.7. The number of hydrogen-bond donors (Lipinski definition) is 1. The minimum atomic E-state index is -0.297. The van der Waals surface area contributed by atoms with E-state index in [0.29, 0.717) is 15.9 Å². The van der Waals surface area contributed by atoms with Gasteiger partial charge in [0.15, 0.2) is 5.82 Å². The van der Waals surface area contributed by atoms with Gasteiger partial charge in [0.2, 0.25) is 0 Å². The zero-order valence-corrected chi connectivity index (χ0v) is 14.2. The molecule has 3 heterocycles. The minimum absolute atomic E-state index is 0.0863. The third kappa shape index (κ3) is 2.02. The molecule has 1 aromatic carbocycles. The topological polar surface area (TPSA) is 50.1 Å². The van der Waals surface area contributed by atoms with Crippen molar-refractivity contribution in [2.45, 2.75) is 17.6 Å². The van der Waals surface area contributed by atoms with Gasteiger partial charge in [-0.3, -0.25) is 14.6 Å². The van der Waals surface area contributed by atoms with Gasteiger partial charge in [0.05, 0.1) is 15.3 Å². The number of aryl methyl sites for hydroxylation is 1. The van der Waals surface area contributed by atoms with Crippen molar-refractivity contribution in [3.63, 3.8) is 0 Å². The molecule has 2 aliphatic rings. The molecule has 0 amide bonds. The summed E-state index contributed by atoms with van der Waals surface area (Å²) in [6, 6.07) is 4.99. The van der Waals surface area contributed by atoms with Gasteiger partial charge >= 0.3 is 0 Å². The molecule has 22 heavy (non-hydrogen) atoms. The van der Waals surface area contributed by atoms with Crippen LogP contribution in [0.15, 0.2) is 32.5 Å². The Labute approximate surface area is 138 Å². The Balaban J connectivity index is 1.95. The number of aromatic amines is 1. The Morgan fingerprint density at radius 2 is 2.32 bits per heavy atom. The predicted molar refractivity (Wildman–Crippen MR) is 89.9 cm³/mol. The van der Waals surface area contributed by atoms with Crippen LogP contribution in [0, 0.1) is 5.82 Å². The number of halogens is 2. The molecular weight excluding hydrogens is 369 g/mol. The first-order valence-corrected chi connectivity index (χ1v) is 8.83. The van der Waals surface area contributed by atoms with E-state index in [0.717, 1.165) is 23.4 Å². The molecule has 1 saturated heterocycles. The maximum atomic E-state index is 13.6. The van der Waals surface area contributed by atoms with E-state index in [2.05, 4.69) is 26.0 Å². The molecular formula is C15H13BrFN3OS. The summed E-state index contributed by atoms with van der Waals surface area (Å²) in [4.78, 5) is 17.1. The maximum absolute atomic E-state index is 13.6. The zero-order chi connectivity index (χ0) is 15.4. The summed E-state index contributed by atoms with van der Waals surface area (Å²) in [6.07, 6.45) is 0.938. The number of benzene rings is 1. The van der Waals surface area contributed by atoms with Crippen LogP contribution in [0.3, 0.4) is 0 Å². The molecule has 0 saturated carbocycles. The highest BCUT2D eigenvalue weighted by molar-refractivity contribution is 9.10. The lowest BCUT2D eigenvalue weighted by molar-refractivity contribution is 0.619. The molecule has 2 aromatic rings. The predicted octanol–water partition coefficient (Wildman–Crippen LogP) is 3.34. The highest BCUT2D eigenvalue weighted by atomic mass is 79.9. The Morgan fingerprint density at radius 3 is 3.09 bits per heavy atom. The Bertz CT molecular complexity index is 857. The normalized spacial score (nSPS) is 23.1. The molecule has 2 unspecified atom stereocenters. The van der Waals surface area contributed by atoms with Crippen LogP contribution in [0.2, 0.25) is 0 Å². The van der Waals surface area contributed by atoms with E-state index in [1.54, 1.807) is 23.9 Å². The minimum Gasteiger partial charge on any atom is -0.271 e. The van der Waals surface area contributed by atoms with Crippen molar-refractivity contribution in [1.82, 2.24) is 9.78 Å². The summed E-state index contributed by atoms with van der Waals surface area (Å²) >= 11 is 5.06. The second kappa shape index (κ2) is 5.09. The first-order valence-electron chi connectivity index (χ1n) is 6.99. The van der Waals surface area contributed by atoms with Crippen molar-refractivity contribution in [3.05, 3.63) is 50.0 Å². The quantitative estimate of drug-likeness (QED) is 0.823. The van der Waals surface area contributed by atoms with Gasteiger partial charge < -0.3 is 0 Å². The SMILES string of the molecule is Cn1[nH]c(=O)c2c1N=C1CCSC1C2c1ccc(F)c(Br)c1. The zero-order valence-electron chi connectivity index (χ0n) is 11.8. The second-order valence-electron chi connectivity index (χ2n) is 5.53. The Morgan fingerprint density at radius 1 is 1.50 bits per heavy atom. The number of thioether (sulfide) groups is 1. The number of fused-ring (bicyclic) bond motifs is 2. The lowest BCUT2D eigenvalue weighted by Crippen LogP contribution is -2.28. The van der Waals surface area contributed by atoms with Crippen molar-refractivity contribution in [1.29, 1.82) is 0 Å². The van der Waals surface area contributed by atoms with Crippen LogP contribution in [-0.4, -0.2) is 26.5 Å². The molecule has 0 radical (unpaired) electrons. The summed E-state index contributed by atoms with van der Waals surface area (Å²) in [6.45, 7) is 0. The Hall–Kier alpha value is -1.34. The lowest BCUT2D eigenvalue weighted by Gasteiger charge is -2.27. The number of aromatic nitrogens is 2. The first-order chi connectivity index (χ1) is 10.6. The van der Waals surface area contributed by atoms with Gasteiger partial charge in [-0.25, -0.2) is 9.38 Å². The van der Waals surface area contributed by atoms with E-state index in [1.165, 1.54) is 6.07 Å². The summed E-state index contributed by atoms with van der Waals surface area (Å²) in [5, 5.41) is 2.95. The van der Waals surface area contributed by atoms with Gasteiger partial charge in [-0.2, -0.15) is 11.8 Å². The molecule has 2 aliphatic heterocycles. The monoisotopic (exact) mass is 381 g/mol. The number of aliphatic imine (C=N–C) groups is 1. The fourth-order valence-corrected chi connectivity index (χ4v) is 5.06. The molecule has 1 aromatic heterocycles. The molecule has 0 bridgehead atoms. The fraction of sp³-hybridized carbons (Fsp3) is 0.333. The van der Waals surface area contributed by atoms with E-state index < -0.39 is 0 Å². The number of nitrogens with zero attached hydrogens (tertiary/aromatic N) is 2. The highest BCUT2D eigenvalue weighted by Gasteiger charge is 2.40. The molecule has 2 atom stereocenters. The van der Waals surface area contributed by atoms with Crippen LogP contribution in [0.1, 0.15) is 23.5 Å². The third-order valence-electron chi connectivity index (χ3n) is 4.22. The molecule has 4 rings (SSSR count). The van der Waals surface area contributed by atoms with E-state index in [4.69, 9.17) is 0 Å². The van der Waals surface area contributed by atoms with E-state index in [-0.39, 0.29) is 22.5 Å². The summed E-state index contributed by atoms with van der Waals surface area (Å²) in [5.41, 5.74) is 2.64. The maximum Gasteiger partial charge on any atom is 0.270 e. The number of nitrogens with one attached hydrogen (secondary N) is 1. The van der Waals surface area contributed by atoms with Crippen LogP contribution in [0.25, 0.3) is 0 Å². The van der Waals surface area contributed by atoms with Gasteiger partial charge in [-0.15, -0.1) is 0 Å². The molecule has 1 fully saturated rings. The summed E-state index contributed by atoms with van der Waals surface area (Å²) in [5.74, 6) is 1.32. The van der Waals surface area contributed by atoms with Gasteiger partial charge in [0, 0.05) is 18.7 Å². The standard InChI is InChI=1S/C15H13BrFN3OS/c1-20-14-12(15(21)19-20)11(13-10(18-14)4-5-22-13)7-2-3-9(17)8(16)6-7/h2-3,6,11,13H,4-5H2,1H3,(H,19,21). The summed E-state index contributed by atoms with van der Waals surface area (Å²) in [7, 11) is 1.80. The highest BCUT2D eigenvalue weighted by Crippen LogP contribution is 2.46. The number of hydrogen-bond acceptors (Lipinski definition) is 3. The number of rotatable bonds is 1. The van der Waals surface area contributed by atoms with Gasteiger partial charge in [-0.05, 0) is 45.8 Å². The van der Waals surface area contributed by atoms with Gasteiger partial charge in [0.25, 0.3) is 5.56 Å². The van der Waals surface area contributed by atoms with Crippen LogP contribution in [0.5, 0.6) is 0 Å². The molecule has 7 heteroatoms. The molecule has 0 aliphatic carbocycles. The van der Waals surface area contributed by atoms with Crippen LogP contribution in [0.4, 0.5) is 10.2 Å². The van der Waals surface area contributed by atoms with Crippen molar-refractivity contribution in [3.8, 4) is 0 Å². The van der Waals surface area contributed by atoms with Crippen molar-refractivity contribution >= 4 is 39.2 Å². The molecule has 1 N–H and O–H groups in total. The average Bonchev–Trinajstić information content (AvgIpc) is 3.05. The van der Waals surface area contributed by atoms with Gasteiger partial charge in [-0.1, -0.05) is 6.07 Å². The van der Waals surface area contributed by atoms with Crippen molar-refractivity contribution in [2.75, 3.05) is 5.75 Å². The van der Waals surface area contributed by atoms with Gasteiger partial charge in [0.1, 0.15) is 5.82 Å². The smallest absolute Gasteiger partial charge is 0.270 e. The largest absolute Gasteiger partial charge is 0.271 e. The number of H-pyrrole nitrogens is 1. The van der Waals surface area contributed by atoms with Crippen LogP contribution in [-0.2, 0) is 7.05 Å². The van der Waals surface area contributed by atoms with Crippen molar-refractivity contribution < 1.29 is 4.39 Å². The first kappa shape index (κ1) is 14.3. The molecule has 114 valence electrons. The fourth-order valence-electron chi connectivity index (χ4n) is 3.23. The van der Waals surface area contributed by atoms with E-state index in [9.17, 15) is 9.18 Å². The molecule has 4 nitrogen and oxygen atoms in total. The second-order valence-corrected chi connectivity index (χ2v) is 7.64. The lowest BCUT2D eigenvalue weighted by atomic mass is 9.85.